The van der Waals surface area contributed by atoms with Gasteiger partial charge in [-0.05, 0) is 67.9 Å². The number of carboxylic acids is 1. The number of benzene rings is 2. The van der Waals surface area contributed by atoms with E-state index < -0.39 is 23.9 Å². The zero-order valence-electron chi connectivity index (χ0n) is 30.5. The van der Waals surface area contributed by atoms with E-state index in [4.69, 9.17) is 14.3 Å². The van der Waals surface area contributed by atoms with E-state index in [1.807, 2.05) is 47.1 Å². The summed E-state index contributed by atoms with van der Waals surface area (Å²) in [5.41, 5.74) is 4.55. The second-order valence-corrected chi connectivity index (χ2v) is 14.8. The lowest BCUT2D eigenvalue weighted by atomic mass is 10.0. The van der Waals surface area contributed by atoms with Crippen LogP contribution in [0.2, 0.25) is 0 Å². The van der Waals surface area contributed by atoms with Crippen molar-refractivity contribution in [2.75, 3.05) is 70.8 Å². The minimum Gasteiger partial charge on any atom is -0.480 e. The quantitative estimate of drug-likeness (QED) is 0.353. The molecule has 0 spiro atoms. The lowest BCUT2D eigenvalue weighted by Crippen LogP contribution is -2.56. The number of aromatic nitrogens is 1. The normalized spacial score (nSPS) is 20.2. The highest BCUT2D eigenvalue weighted by atomic mass is 16.6. The van der Waals surface area contributed by atoms with Crippen molar-refractivity contribution >= 4 is 40.8 Å². The number of urea groups is 1. The number of rotatable bonds is 8. The lowest BCUT2D eigenvalue weighted by molar-refractivity contribution is -0.143. The van der Waals surface area contributed by atoms with Crippen LogP contribution < -0.4 is 11.1 Å². The van der Waals surface area contributed by atoms with Crippen molar-refractivity contribution in [2.45, 2.75) is 63.6 Å². The molecule has 53 heavy (non-hydrogen) atoms. The number of likely N-dealkylation sites (tertiary alicyclic amines) is 2. The Morgan fingerprint density at radius 1 is 0.906 bits per heavy atom. The summed E-state index contributed by atoms with van der Waals surface area (Å²) in [7, 11) is 1.65. The Bertz CT molecular complexity index is 1900. The molecule has 0 bridgehead atoms. The van der Waals surface area contributed by atoms with Crippen molar-refractivity contribution in [3.63, 3.8) is 0 Å². The third-order valence-corrected chi connectivity index (χ3v) is 11.4. The van der Waals surface area contributed by atoms with Crippen LogP contribution in [0.1, 0.15) is 42.4 Å². The van der Waals surface area contributed by atoms with E-state index in [1.54, 1.807) is 22.9 Å². The minimum absolute atomic E-state index is 0.0262. The van der Waals surface area contributed by atoms with Gasteiger partial charge in [0.2, 0.25) is 0 Å². The Labute approximate surface area is 308 Å². The van der Waals surface area contributed by atoms with Crippen LogP contribution in [0.25, 0.3) is 11.1 Å². The number of oxazole rings is 1. The highest BCUT2D eigenvalue weighted by Crippen LogP contribution is 2.27. The summed E-state index contributed by atoms with van der Waals surface area (Å²) in [6, 6.07) is 11.6. The molecule has 2 N–H and O–H groups in total. The summed E-state index contributed by atoms with van der Waals surface area (Å²) >= 11 is 0. The molecule has 4 aliphatic rings. The number of aryl methyl sites for hydroxylation is 2. The number of amides is 4. The molecule has 0 radical (unpaired) electrons. The second kappa shape index (κ2) is 15.6. The molecule has 4 aliphatic heterocycles. The third kappa shape index (κ3) is 8.05. The van der Waals surface area contributed by atoms with Crippen molar-refractivity contribution < 1.29 is 33.4 Å². The van der Waals surface area contributed by atoms with Gasteiger partial charge in [-0.2, -0.15) is 0 Å². The van der Waals surface area contributed by atoms with Crippen molar-refractivity contribution in [2.24, 2.45) is 7.05 Å². The van der Waals surface area contributed by atoms with E-state index in [1.165, 1.54) is 4.57 Å². The van der Waals surface area contributed by atoms with E-state index in [9.17, 15) is 24.0 Å². The minimum atomic E-state index is -1.09. The van der Waals surface area contributed by atoms with Crippen LogP contribution in [0.4, 0.5) is 15.3 Å². The number of para-hydroxylation sites is 1. The molecule has 1 unspecified atom stereocenters. The molecular formula is C38H49N7O8. The molecule has 5 heterocycles. The summed E-state index contributed by atoms with van der Waals surface area (Å²) in [5, 5.41) is 12.2. The van der Waals surface area contributed by atoms with Gasteiger partial charge in [0.25, 0.3) is 5.91 Å². The standard InChI is InChI=1S/C38H49N7O8/c1-25-21-26(22-31-34(25)40(2)37(50)52-31)23-32(35(48)43-19-17-42(18-20-43)28-8-12-41(13-9-28)24-33(46)47)53-38(51)44-14-10-29(11-15-44)45-16-7-27-5-3-4-6-30(27)39-36(45)49/h3-6,21-22,28-29,32H,7-20,23-24H2,1-2H3,(H,39,49)(H,46,47). The third-order valence-electron chi connectivity index (χ3n) is 11.4. The second-order valence-electron chi connectivity index (χ2n) is 14.8. The molecule has 3 aromatic rings. The number of piperazine rings is 1. The zero-order chi connectivity index (χ0) is 37.2. The molecule has 3 saturated heterocycles. The number of piperidine rings is 2. The molecule has 3 fully saturated rings. The van der Waals surface area contributed by atoms with E-state index in [0.29, 0.717) is 81.4 Å². The van der Waals surface area contributed by atoms with Crippen molar-refractivity contribution in [1.29, 1.82) is 0 Å². The maximum atomic E-state index is 14.2. The Kier molecular flexibility index (Phi) is 10.7. The summed E-state index contributed by atoms with van der Waals surface area (Å²) in [4.78, 5) is 74.1. The van der Waals surface area contributed by atoms with Gasteiger partial charge in [-0.1, -0.05) is 24.3 Å². The maximum absolute atomic E-state index is 14.2. The first-order chi connectivity index (χ1) is 25.5. The van der Waals surface area contributed by atoms with E-state index >= 15 is 0 Å². The van der Waals surface area contributed by atoms with E-state index in [-0.39, 0.29) is 30.9 Å². The predicted molar refractivity (Wildman–Crippen MR) is 196 cm³/mol. The molecule has 15 nitrogen and oxygen atoms in total. The monoisotopic (exact) mass is 731 g/mol. The van der Waals surface area contributed by atoms with Gasteiger partial charge in [-0.15, -0.1) is 0 Å². The number of carboxylic acid groups (broad SMARTS) is 1. The van der Waals surface area contributed by atoms with Crippen LogP contribution in [-0.2, 0) is 34.2 Å². The Balaban J connectivity index is 1.00. The summed E-state index contributed by atoms with van der Waals surface area (Å²) < 4.78 is 13.0. The lowest BCUT2D eigenvalue weighted by Gasteiger charge is -2.43. The van der Waals surface area contributed by atoms with Crippen LogP contribution in [0.5, 0.6) is 0 Å². The van der Waals surface area contributed by atoms with Gasteiger partial charge in [-0.3, -0.25) is 24.0 Å². The number of fused-ring (bicyclic) bond motifs is 2. The molecule has 0 saturated carbocycles. The Morgan fingerprint density at radius 2 is 1.60 bits per heavy atom. The molecule has 15 heteroatoms. The Hall–Kier alpha value is -4.89. The molecule has 1 aromatic heterocycles. The summed E-state index contributed by atoms with van der Waals surface area (Å²) in [6.07, 6.45) is 2.16. The molecule has 0 aliphatic carbocycles. The predicted octanol–water partition coefficient (Wildman–Crippen LogP) is 2.74. The number of nitrogens with zero attached hydrogens (tertiary/aromatic N) is 6. The zero-order valence-corrected chi connectivity index (χ0v) is 30.5. The topological polar surface area (TPSA) is 161 Å². The number of nitrogens with one attached hydrogen (secondary N) is 1. The smallest absolute Gasteiger partial charge is 0.419 e. The van der Waals surface area contributed by atoms with Gasteiger partial charge >= 0.3 is 23.8 Å². The number of hydrogen-bond donors (Lipinski definition) is 2. The van der Waals surface area contributed by atoms with E-state index in [0.717, 1.165) is 49.2 Å². The van der Waals surface area contributed by atoms with Crippen LogP contribution in [0, 0.1) is 6.92 Å². The van der Waals surface area contributed by atoms with Gasteiger partial charge in [0.15, 0.2) is 11.7 Å². The average Bonchev–Trinajstić information content (AvgIpc) is 3.33. The van der Waals surface area contributed by atoms with Crippen LogP contribution in [0.15, 0.2) is 45.6 Å². The van der Waals surface area contributed by atoms with Crippen molar-refractivity contribution in [3.8, 4) is 0 Å². The Morgan fingerprint density at radius 3 is 2.32 bits per heavy atom. The first-order valence-electron chi connectivity index (χ1n) is 18.7. The number of aliphatic carboxylic acids is 1. The van der Waals surface area contributed by atoms with Gasteiger partial charge in [0.1, 0.15) is 0 Å². The number of hydrogen-bond acceptors (Lipinski definition) is 9. The SMILES string of the molecule is Cc1cc(CC(OC(=O)N2CCC(N3CCc4ccccc4NC3=O)CC2)C(=O)N2CCN(C3CCN(CC(=O)O)CC3)CC2)cc2oc(=O)n(C)c12. The first kappa shape index (κ1) is 36.5. The fraction of sp³-hybridized carbons (Fsp3) is 0.553. The molecule has 1 atom stereocenters. The maximum Gasteiger partial charge on any atom is 0.419 e. The number of anilines is 1. The van der Waals surface area contributed by atoms with Gasteiger partial charge in [0, 0.05) is 90.1 Å². The molecule has 7 rings (SSSR count). The van der Waals surface area contributed by atoms with Crippen LogP contribution in [-0.4, -0.2) is 142 Å². The average molecular weight is 732 g/mol. The van der Waals surface area contributed by atoms with E-state index in [2.05, 4.69) is 10.2 Å². The highest BCUT2D eigenvalue weighted by molar-refractivity contribution is 5.91. The van der Waals surface area contributed by atoms with Crippen molar-refractivity contribution in [3.05, 3.63) is 63.6 Å². The summed E-state index contributed by atoms with van der Waals surface area (Å²) in [5.74, 6) is -1.56. The van der Waals surface area contributed by atoms with Crippen LogP contribution >= 0.6 is 0 Å². The fourth-order valence-electron chi connectivity index (χ4n) is 8.53. The highest BCUT2D eigenvalue weighted by Gasteiger charge is 2.36. The van der Waals surface area contributed by atoms with Crippen molar-refractivity contribution in [1.82, 2.24) is 29.1 Å². The molecular weight excluding hydrogens is 682 g/mol. The largest absolute Gasteiger partial charge is 0.480 e. The molecule has 4 amide bonds. The van der Waals surface area contributed by atoms with Gasteiger partial charge in [0.05, 0.1) is 12.1 Å². The molecule has 284 valence electrons. The van der Waals surface area contributed by atoms with Gasteiger partial charge in [-0.25, -0.2) is 14.4 Å². The van der Waals surface area contributed by atoms with Crippen LogP contribution in [0.3, 0.4) is 0 Å². The number of carbonyl (C=O) groups excluding carboxylic acids is 3. The first-order valence-corrected chi connectivity index (χ1v) is 18.7. The summed E-state index contributed by atoms with van der Waals surface area (Å²) in [6.45, 7) is 7.11. The molecule has 2 aromatic carbocycles. The fourth-order valence-corrected chi connectivity index (χ4v) is 8.53. The van der Waals surface area contributed by atoms with Gasteiger partial charge < -0.3 is 34.3 Å². The number of ether oxygens (including phenoxy) is 1. The number of carbonyl (C=O) groups is 4.